The second-order valence-corrected chi connectivity index (χ2v) is 7.76. The van der Waals surface area contributed by atoms with Crippen LogP contribution >= 0.6 is 35.5 Å². The minimum atomic E-state index is 0. The second kappa shape index (κ2) is 7.15. The average molecular weight is 398 g/mol. The van der Waals surface area contributed by atoms with Crippen molar-refractivity contribution in [3.8, 4) is 11.5 Å². The number of rotatable bonds is 4. The summed E-state index contributed by atoms with van der Waals surface area (Å²) in [6.07, 6.45) is 0.720. The van der Waals surface area contributed by atoms with Crippen LogP contribution in [0.3, 0.4) is 0 Å². The Bertz CT molecular complexity index is 840. The Balaban J connectivity index is 0.00000182. The molecule has 2 aromatic rings. The standard InChI is InChI=1S/C16H15N3O3S2.ClH/c17-15(18)13-6-10-16(24-13)23-7-14(20)19(10)4-3-9-1-2-11-12(5-9)22-8-21-11;/h1-2,5-6H,3-4,7-8H2,(H3,17,18);1H. The predicted molar refractivity (Wildman–Crippen MR) is 102 cm³/mol. The lowest BCUT2D eigenvalue weighted by atomic mass is 10.1. The lowest BCUT2D eigenvalue weighted by molar-refractivity contribution is -0.116. The SMILES string of the molecule is Cl.N=C(N)c1cc2c(s1)SCC(=O)N2CCc1ccc2c(c1)OCO2. The first kappa shape index (κ1) is 17.9. The number of amidine groups is 1. The van der Waals surface area contributed by atoms with Crippen molar-refractivity contribution in [2.24, 2.45) is 5.73 Å². The topological polar surface area (TPSA) is 88.6 Å². The molecule has 3 N–H and O–H groups in total. The van der Waals surface area contributed by atoms with Crippen molar-refractivity contribution in [2.75, 3.05) is 24.0 Å². The lowest BCUT2D eigenvalue weighted by Crippen LogP contribution is -2.36. The van der Waals surface area contributed by atoms with E-state index < -0.39 is 0 Å². The van der Waals surface area contributed by atoms with Crippen LogP contribution in [-0.2, 0) is 11.2 Å². The molecule has 3 heterocycles. The summed E-state index contributed by atoms with van der Waals surface area (Å²) in [4.78, 5) is 14.8. The van der Waals surface area contributed by atoms with Gasteiger partial charge in [0.1, 0.15) is 5.84 Å². The van der Waals surface area contributed by atoms with Gasteiger partial charge in [-0.25, -0.2) is 0 Å². The number of hydrogen-bond donors (Lipinski definition) is 2. The Hall–Kier alpha value is -1.90. The maximum atomic E-state index is 12.3. The molecule has 0 saturated heterocycles. The molecule has 0 fully saturated rings. The van der Waals surface area contributed by atoms with Crippen molar-refractivity contribution in [3.63, 3.8) is 0 Å². The highest BCUT2D eigenvalue weighted by Gasteiger charge is 2.27. The van der Waals surface area contributed by atoms with Crippen molar-refractivity contribution in [2.45, 2.75) is 10.6 Å². The number of fused-ring (bicyclic) bond motifs is 2. The van der Waals surface area contributed by atoms with Gasteiger partial charge in [0.2, 0.25) is 12.7 Å². The van der Waals surface area contributed by atoms with E-state index in [0.717, 1.165) is 33.4 Å². The van der Waals surface area contributed by atoms with Crippen molar-refractivity contribution >= 4 is 52.9 Å². The molecule has 0 spiro atoms. The van der Waals surface area contributed by atoms with E-state index in [0.29, 0.717) is 17.2 Å². The van der Waals surface area contributed by atoms with E-state index >= 15 is 0 Å². The number of carbonyl (C=O) groups is 1. The highest BCUT2D eigenvalue weighted by molar-refractivity contribution is 8.02. The van der Waals surface area contributed by atoms with Crippen LogP contribution in [-0.4, -0.2) is 30.8 Å². The zero-order valence-corrected chi connectivity index (χ0v) is 15.6. The van der Waals surface area contributed by atoms with Crippen LogP contribution in [0.2, 0.25) is 0 Å². The molecule has 132 valence electrons. The summed E-state index contributed by atoms with van der Waals surface area (Å²) in [7, 11) is 0. The number of thioether (sulfide) groups is 1. The third kappa shape index (κ3) is 3.42. The summed E-state index contributed by atoms with van der Waals surface area (Å²) < 4.78 is 11.8. The van der Waals surface area contributed by atoms with E-state index in [9.17, 15) is 4.79 Å². The number of nitrogens with one attached hydrogen (secondary N) is 1. The van der Waals surface area contributed by atoms with E-state index in [4.69, 9.17) is 20.6 Å². The van der Waals surface area contributed by atoms with Gasteiger partial charge in [0.15, 0.2) is 11.5 Å². The number of nitrogens with zero attached hydrogens (tertiary/aromatic N) is 1. The molecular weight excluding hydrogens is 382 g/mol. The molecule has 0 unspecified atom stereocenters. The second-order valence-electron chi connectivity index (χ2n) is 5.47. The van der Waals surface area contributed by atoms with Gasteiger partial charge in [-0.1, -0.05) is 6.07 Å². The highest BCUT2D eigenvalue weighted by Crippen LogP contribution is 2.42. The highest BCUT2D eigenvalue weighted by atomic mass is 35.5. The number of amides is 1. The van der Waals surface area contributed by atoms with Crippen LogP contribution in [0.4, 0.5) is 5.69 Å². The van der Waals surface area contributed by atoms with Crippen LogP contribution in [0.1, 0.15) is 10.4 Å². The van der Waals surface area contributed by atoms with Crippen molar-refractivity contribution < 1.29 is 14.3 Å². The lowest BCUT2D eigenvalue weighted by Gasteiger charge is -2.26. The smallest absolute Gasteiger partial charge is 0.237 e. The molecule has 2 aliphatic rings. The zero-order valence-electron chi connectivity index (χ0n) is 13.1. The van der Waals surface area contributed by atoms with Crippen molar-refractivity contribution in [1.82, 2.24) is 0 Å². The molecular formula is C16H16ClN3O3S2. The number of anilines is 1. The summed E-state index contributed by atoms with van der Waals surface area (Å²) in [5.74, 6) is 2.06. The monoisotopic (exact) mass is 397 g/mol. The molecule has 1 aromatic heterocycles. The molecule has 0 atom stereocenters. The Morgan fingerprint density at radius 1 is 1.28 bits per heavy atom. The molecule has 0 radical (unpaired) electrons. The number of ether oxygens (including phenoxy) is 2. The van der Waals surface area contributed by atoms with Gasteiger partial charge < -0.3 is 20.1 Å². The minimum Gasteiger partial charge on any atom is -0.454 e. The number of thiophene rings is 1. The van der Waals surface area contributed by atoms with E-state index in [1.165, 1.54) is 23.1 Å². The van der Waals surface area contributed by atoms with Crippen molar-refractivity contribution in [3.05, 3.63) is 34.7 Å². The first-order chi connectivity index (χ1) is 11.6. The summed E-state index contributed by atoms with van der Waals surface area (Å²) in [5, 5.41) is 7.59. The summed E-state index contributed by atoms with van der Waals surface area (Å²) >= 11 is 2.99. The van der Waals surface area contributed by atoms with Gasteiger partial charge in [-0.3, -0.25) is 10.2 Å². The van der Waals surface area contributed by atoms with Crippen LogP contribution in [0.15, 0.2) is 28.5 Å². The molecule has 4 rings (SSSR count). The van der Waals surface area contributed by atoms with Gasteiger partial charge in [0.25, 0.3) is 0 Å². The maximum Gasteiger partial charge on any atom is 0.237 e. The Morgan fingerprint density at radius 3 is 2.88 bits per heavy atom. The van der Waals surface area contributed by atoms with Crippen molar-refractivity contribution in [1.29, 1.82) is 5.41 Å². The largest absolute Gasteiger partial charge is 0.454 e. The fourth-order valence-corrected chi connectivity index (χ4v) is 4.87. The van der Waals surface area contributed by atoms with Gasteiger partial charge >= 0.3 is 0 Å². The maximum absolute atomic E-state index is 12.3. The fraction of sp³-hybridized carbons (Fsp3) is 0.250. The number of nitrogens with two attached hydrogens (primary N) is 1. The third-order valence-electron chi connectivity index (χ3n) is 3.92. The third-order valence-corrected chi connectivity index (χ3v) is 6.34. The summed E-state index contributed by atoms with van der Waals surface area (Å²) in [6, 6.07) is 7.69. The predicted octanol–water partition coefficient (Wildman–Crippen LogP) is 2.86. The number of carbonyl (C=O) groups excluding carboxylic acids is 1. The summed E-state index contributed by atoms with van der Waals surface area (Å²) in [5.41, 5.74) is 7.54. The number of hydrogen-bond acceptors (Lipinski definition) is 6. The van der Waals surface area contributed by atoms with Gasteiger partial charge in [-0.2, -0.15) is 0 Å². The average Bonchev–Trinajstić information content (AvgIpc) is 3.19. The fourth-order valence-electron chi connectivity index (χ4n) is 2.71. The number of benzene rings is 1. The first-order valence-corrected chi connectivity index (χ1v) is 9.22. The molecule has 0 saturated carbocycles. The molecule has 1 aromatic carbocycles. The van der Waals surface area contributed by atoms with Gasteiger partial charge in [-0.05, 0) is 30.2 Å². The quantitative estimate of drug-likeness (QED) is 0.611. The van der Waals surface area contributed by atoms with E-state index in [2.05, 4.69) is 0 Å². The van der Waals surface area contributed by atoms with Gasteiger partial charge in [0, 0.05) is 6.54 Å². The Morgan fingerprint density at radius 2 is 2.08 bits per heavy atom. The Labute approximate surface area is 159 Å². The van der Waals surface area contributed by atoms with Crippen LogP contribution in [0.5, 0.6) is 11.5 Å². The zero-order chi connectivity index (χ0) is 16.7. The van der Waals surface area contributed by atoms with E-state index in [1.54, 1.807) is 4.90 Å². The van der Waals surface area contributed by atoms with Crippen LogP contribution in [0, 0.1) is 5.41 Å². The molecule has 0 aliphatic carbocycles. The first-order valence-electron chi connectivity index (χ1n) is 7.42. The minimum absolute atomic E-state index is 0. The molecule has 9 heteroatoms. The molecule has 2 aliphatic heterocycles. The van der Waals surface area contributed by atoms with Gasteiger partial charge in [0.05, 0.1) is 20.5 Å². The van der Waals surface area contributed by atoms with E-state index in [-0.39, 0.29) is 30.9 Å². The van der Waals surface area contributed by atoms with Crippen LogP contribution < -0.4 is 20.1 Å². The van der Waals surface area contributed by atoms with Gasteiger partial charge in [-0.15, -0.1) is 35.5 Å². The number of halogens is 1. The normalized spacial score (nSPS) is 14.9. The van der Waals surface area contributed by atoms with E-state index in [1.807, 2.05) is 24.3 Å². The number of nitrogen functional groups attached to an aromatic ring is 1. The molecule has 6 nitrogen and oxygen atoms in total. The summed E-state index contributed by atoms with van der Waals surface area (Å²) in [6.45, 7) is 0.840. The molecule has 1 amide bonds. The molecule has 0 bridgehead atoms. The van der Waals surface area contributed by atoms with Crippen LogP contribution in [0.25, 0.3) is 0 Å². The molecule has 25 heavy (non-hydrogen) atoms. The Kier molecular flexibility index (Phi) is 5.12.